The molecule has 1 aromatic heterocycles. The van der Waals surface area contributed by atoms with Crippen molar-refractivity contribution in [2.45, 2.75) is 42.8 Å². The van der Waals surface area contributed by atoms with E-state index >= 15 is 0 Å². The zero-order chi connectivity index (χ0) is 30.2. The quantitative estimate of drug-likeness (QED) is 0.128. The first-order valence-corrected chi connectivity index (χ1v) is 15.9. The zero-order valence-corrected chi connectivity index (χ0v) is 25.3. The third-order valence-corrected chi connectivity index (χ3v) is 8.85. The number of benzene rings is 4. The van der Waals surface area contributed by atoms with Gasteiger partial charge in [-0.25, -0.2) is 14.6 Å². The number of carboxylic acid groups (broad SMARTS) is 2. The van der Waals surface area contributed by atoms with E-state index in [0.717, 1.165) is 52.5 Å². The van der Waals surface area contributed by atoms with E-state index in [1.807, 2.05) is 76.9 Å². The van der Waals surface area contributed by atoms with Crippen molar-refractivity contribution in [1.29, 1.82) is 0 Å². The van der Waals surface area contributed by atoms with E-state index in [9.17, 15) is 19.8 Å². The second kappa shape index (κ2) is 14.2. The van der Waals surface area contributed by atoms with E-state index in [-0.39, 0.29) is 11.1 Å². The maximum absolute atomic E-state index is 11.6. The highest BCUT2D eigenvalue weighted by molar-refractivity contribution is 7.98. The maximum atomic E-state index is 11.6. The van der Waals surface area contributed by atoms with Crippen molar-refractivity contribution in [1.82, 2.24) is 14.2 Å². The molecule has 2 N–H and O–H groups in total. The predicted octanol–water partition coefficient (Wildman–Crippen LogP) is 8.34. The van der Waals surface area contributed by atoms with E-state index < -0.39 is 11.9 Å². The molecular weight excluding hydrogens is 579 g/mol. The molecule has 1 heterocycles. The van der Waals surface area contributed by atoms with Gasteiger partial charge in [-0.2, -0.15) is 4.09 Å². The minimum atomic E-state index is -0.938. The lowest BCUT2D eigenvalue weighted by Crippen LogP contribution is -2.00. The van der Waals surface area contributed by atoms with Gasteiger partial charge in [-0.3, -0.25) is 0 Å². The van der Waals surface area contributed by atoms with Crippen molar-refractivity contribution in [3.63, 3.8) is 0 Å². The third-order valence-electron chi connectivity index (χ3n) is 6.94. The number of hydrogen-bond acceptors (Lipinski definition) is 6. The summed E-state index contributed by atoms with van der Waals surface area (Å²) in [5.74, 6) is 0.469. The molecule has 0 bridgehead atoms. The number of aromatic nitrogens is 3. The number of rotatable bonds is 13. The summed E-state index contributed by atoms with van der Waals surface area (Å²) in [7, 11) is 0. The monoisotopic (exact) mass is 609 g/mol. The minimum Gasteiger partial charge on any atom is -0.478 e. The number of aryl methyl sites for hydroxylation is 1. The summed E-state index contributed by atoms with van der Waals surface area (Å²) in [6.07, 6.45) is 2.94. The average molecular weight is 610 g/mol. The van der Waals surface area contributed by atoms with Gasteiger partial charge in [0.25, 0.3) is 0 Å². The molecule has 0 spiro atoms. The van der Waals surface area contributed by atoms with Crippen LogP contribution in [-0.4, -0.2) is 36.3 Å². The third kappa shape index (κ3) is 7.55. The predicted molar refractivity (Wildman–Crippen MR) is 173 cm³/mol. The molecule has 4 aromatic carbocycles. The Hall–Kier alpha value is -4.34. The summed E-state index contributed by atoms with van der Waals surface area (Å²) in [5.41, 5.74) is 5.93. The molecular formula is C34H31N3O4S2. The summed E-state index contributed by atoms with van der Waals surface area (Å²) >= 11 is 3.17. The molecule has 0 aliphatic rings. The fourth-order valence-electron chi connectivity index (χ4n) is 4.65. The second-order valence-electron chi connectivity index (χ2n) is 9.94. The van der Waals surface area contributed by atoms with Gasteiger partial charge in [-0.15, -0.1) is 5.10 Å². The summed E-state index contributed by atoms with van der Waals surface area (Å²) in [4.78, 5) is 28.0. The average Bonchev–Trinajstić information content (AvgIpc) is 3.43. The van der Waals surface area contributed by atoms with Gasteiger partial charge < -0.3 is 10.2 Å². The lowest BCUT2D eigenvalue weighted by atomic mass is 9.99. The van der Waals surface area contributed by atoms with Crippen LogP contribution in [0, 0.1) is 0 Å². The first-order valence-electron chi connectivity index (χ1n) is 14.0. The normalized spacial score (nSPS) is 11.0. The van der Waals surface area contributed by atoms with Crippen molar-refractivity contribution in [3.05, 3.63) is 125 Å². The Morgan fingerprint density at radius 1 is 0.721 bits per heavy atom. The van der Waals surface area contributed by atoms with E-state index in [1.54, 1.807) is 48.0 Å². The smallest absolute Gasteiger partial charge is 0.336 e. The van der Waals surface area contributed by atoms with Crippen LogP contribution in [0.4, 0.5) is 0 Å². The lowest BCUT2D eigenvalue weighted by Gasteiger charge is -2.08. The van der Waals surface area contributed by atoms with Gasteiger partial charge in [0, 0.05) is 17.9 Å². The molecule has 43 heavy (non-hydrogen) atoms. The van der Waals surface area contributed by atoms with Crippen LogP contribution < -0.4 is 0 Å². The zero-order valence-electron chi connectivity index (χ0n) is 23.6. The Kier molecular flexibility index (Phi) is 9.96. The van der Waals surface area contributed by atoms with E-state index in [4.69, 9.17) is 10.1 Å². The number of carboxylic acids is 2. The minimum absolute atomic E-state index is 0.288. The van der Waals surface area contributed by atoms with Gasteiger partial charge in [0.15, 0.2) is 0 Å². The van der Waals surface area contributed by atoms with Crippen LogP contribution in [0.3, 0.4) is 0 Å². The molecule has 0 aliphatic carbocycles. The Labute approximate surface area is 259 Å². The largest absolute Gasteiger partial charge is 0.478 e. The molecule has 0 fully saturated rings. The van der Waals surface area contributed by atoms with Crippen molar-refractivity contribution >= 4 is 35.6 Å². The van der Waals surface area contributed by atoms with Crippen LogP contribution >= 0.6 is 23.7 Å². The maximum Gasteiger partial charge on any atom is 0.336 e. The van der Waals surface area contributed by atoms with Crippen molar-refractivity contribution in [2.75, 3.05) is 0 Å². The number of nitrogens with zero attached hydrogens (tertiary/aromatic N) is 3. The lowest BCUT2D eigenvalue weighted by molar-refractivity contribution is 0.0687. The van der Waals surface area contributed by atoms with Crippen LogP contribution in [0.5, 0.6) is 0 Å². The van der Waals surface area contributed by atoms with Gasteiger partial charge in [0.1, 0.15) is 5.82 Å². The number of unbranched alkanes of at least 4 members (excludes halogenated alkanes) is 1. The van der Waals surface area contributed by atoms with Gasteiger partial charge in [0.05, 0.1) is 11.1 Å². The highest BCUT2D eigenvalue weighted by Crippen LogP contribution is 2.29. The first-order chi connectivity index (χ1) is 20.9. The summed E-state index contributed by atoms with van der Waals surface area (Å²) in [6.45, 7) is 2.16. The fourth-order valence-corrected chi connectivity index (χ4v) is 6.38. The van der Waals surface area contributed by atoms with Crippen molar-refractivity contribution in [2.24, 2.45) is 0 Å². The first kappa shape index (κ1) is 30.1. The number of thioether (sulfide) groups is 1. The Balaban J connectivity index is 1.24. The molecule has 0 saturated carbocycles. The number of aromatic carboxylic acids is 2. The Bertz CT molecular complexity index is 1720. The molecule has 9 heteroatoms. The fraction of sp³-hybridized carbons (Fsp3) is 0.176. The van der Waals surface area contributed by atoms with Crippen LogP contribution in [0.15, 0.2) is 102 Å². The summed E-state index contributed by atoms with van der Waals surface area (Å²) in [6, 6.07) is 30.0. The van der Waals surface area contributed by atoms with Crippen LogP contribution in [-0.2, 0) is 17.9 Å². The van der Waals surface area contributed by atoms with Crippen LogP contribution in [0.25, 0.3) is 22.3 Å². The topological polar surface area (TPSA) is 105 Å². The van der Waals surface area contributed by atoms with E-state index in [0.29, 0.717) is 22.6 Å². The van der Waals surface area contributed by atoms with E-state index in [1.165, 1.54) is 0 Å². The van der Waals surface area contributed by atoms with Crippen molar-refractivity contribution < 1.29 is 19.8 Å². The molecule has 0 saturated heterocycles. The second-order valence-corrected chi connectivity index (χ2v) is 11.8. The number of hydrogen-bond donors (Lipinski definition) is 2. The van der Waals surface area contributed by atoms with Gasteiger partial charge in [0.2, 0.25) is 5.16 Å². The Morgan fingerprint density at radius 3 is 1.74 bits per heavy atom. The molecule has 0 aliphatic heterocycles. The Morgan fingerprint density at radius 2 is 1.23 bits per heavy atom. The SMILES string of the molecule is CCCCc1nc(SCc2ccc(-c3ccccc3C(=O)O)cc2)nn1SCc1ccc(-c2ccccc2C(=O)O)cc1. The highest BCUT2D eigenvalue weighted by Gasteiger charge is 2.14. The van der Waals surface area contributed by atoms with Gasteiger partial charge in [-0.05, 0) is 63.9 Å². The van der Waals surface area contributed by atoms with Gasteiger partial charge in [-0.1, -0.05) is 110 Å². The molecule has 0 radical (unpaired) electrons. The van der Waals surface area contributed by atoms with Crippen LogP contribution in [0.2, 0.25) is 0 Å². The summed E-state index contributed by atoms with van der Waals surface area (Å²) in [5, 5.41) is 24.5. The molecule has 7 nitrogen and oxygen atoms in total. The molecule has 0 unspecified atom stereocenters. The van der Waals surface area contributed by atoms with Gasteiger partial charge >= 0.3 is 11.9 Å². The molecule has 5 rings (SSSR count). The van der Waals surface area contributed by atoms with Crippen molar-refractivity contribution in [3.8, 4) is 22.3 Å². The summed E-state index contributed by atoms with van der Waals surface area (Å²) < 4.78 is 1.93. The molecule has 0 amide bonds. The highest BCUT2D eigenvalue weighted by atomic mass is 32.2. The molecule has 5 aromatic rings. The molecule has 218 valence electrons. The number of carbonyl (C=O) groups is 2. The standard InChI is InChI=1S/C34H31N3O4S2/c1-2-3-12-31-35-34(42-21-23-13-17-25(18-14-23)27-8-4-6-10-29(27)32(38)39)36-37(31)43-22-24-15-19-26(20-16-24)28-9-5-7-11-30(28)33(40)41/h4-11,13-20H,2-3,12,21-22H2,1H3,(H,38,39)(H,40,41). The molecule has 0 atom stereocenters. The van der Waals surface area contributed by atoms with Crippen LogP contribution in [0.1, 0.15) is 57.4 Å². The van der Waals surface area contributed by atoms with E-state index in [2.05, 4.69) is 6.92 Å².